The summed E-state index contributed by atoms with van der Waals surface area (Å²) in [7, 11) is 0. The molecule has 0 bridgehead atoms. The van der Waals surface area contributed by atoms with Crippen molar-refractivity contribution in [2.45, 2.75) is 40.0 Å². The molecule has 0 aliphatic rings. The molecule has 0 atom stereocenters. The van der Waals surface area contributed by atoms with Crippen LogP contribution in [0.3, 0.4) is 0 Å². The number of anilines is 1. The Hall–Kier alpha value is -1.62. The first kappa shape index (κ1) is 13.8. The fraction of sp³-hybridized carbons (Fsp3) is 0.462. The first-order chi connectivity index (χ1) is 8.70. The molecule has 0 amide bonds. The van der Waals surface area contributed by atoms with Crippen LogP contribution in [0.2, 0.25) is 5.02 Å². The monoisotopic (exact) mass is 279 g/mol. The van der Waals surface area contributed by atoms with Crippen molar-refractivity contribution in [2.24, 2.45) is 0 Å². The largest absolute Gasteiger partial charge is 0.382 e. The van der Waals surface area contributed by atoms with Gasteiger partial charge in [0, 0.05) is 16.8 Å². The number of hydrogen-bond acceptors (Lipinski definition) is 4. The lowest BCUT2D eigenvalue weighted by Crippen LogP contribution is -2.14. The van der Waals surface area contributed by atoms with E-state index < -0.39 is 0 Å². The Labute approximate surface area is 117 Å². The highest BCUT2D eigenvalue weighted by molar-refractivity contribution is 6.33. The van der Waals surface area contributed by atoms with Crippen LogP contribution in [0, 0.1) is 13.8 Å². The van der Waals surface area contributed by atoms with Gasteiger partial charge in [-0.2, -0.15) is 9.78 Å². The Morgan fingerprint density at radius 3 is 2.11 bits per heavy atom. The average molecular weight is 280 g/mol. The third-order valence-electron chi connectivity index (χ3n) is 2.73. The van der Waals surface area contributed by atoms with Crippen molar-refractivity contribution in [3.05, 3.63) is 28.2 Å². The zero-order valence-electron chi connectivity index (χ0n) is 11.8. The van der Waals surface area contributed by atoms with E-state index in [0.717, 1.165) is 17.1 Å². The molecule has 6 heteroatoms. The molecule has 0 unspecified atom stereocenters. The highest BCUT2D eigenvalue weighted by Gasteiger charge is 2.26. The van der Waals surface area contributed by atoms with E-state index in [4.69, 9.17) is 17.3 Å². The molecule has 2 aromatic heterocycles. The number of hydrogen-bond donors (Lipinski definition) is 1. The normalized spacial score (nSPS) is 11.9. The van der Waals surface area contributed by atoms with Gasteiger partial charge < -0.3 is 5.73 Å². The second-order valence-corrected chi connectivity index (χ2v) is 6.04. The van der Waals surface area contributed by atoms with Gasteiger partial charge in [-0.3, -0.25) is 0 Å². The van der Waals surface area contributed by atoms with Crippen molar-refractivity contribution < 1.29 is 0 Å². The van der Waals surface area contributed by atoms with E-state index >= 15 is 0 Å². The molecule has 0 fully saturated rings. The van der Waals surface area contributed by atoms with E-state index in [1.165, 1.54) is 4.68 Å². The third kappa shape index (κ3) is 2.56. The van der Waals surface area contributed by atoms with Gasteiger partial charge in [0.15, 0.2) is 0 Å². The van der Waals surface area contributed by atoms with Gasteiger partial charge in [-0.25, -0.2) is 9.97 Å². The van der Waals surface area contributed by atoms with Crippen LogP contribution in [-0.4, -0.2) is 19.7 Å². The van der Waals surface area contributed by atoms with Crippen molar-refractivity contribution >= 4 is 17.4 Å². The molecular formula is C13H18ClN5. The Morgan fingerprint density at radius 1 is 1.16 bits per heavy atom. The molecule has 2 aromatic rings. The van der Waals surface area contributed by atoms with Crippen LogP contribution < -0.4 is 5.73 Å². The SMILES string of the molecule is Cc1cc(C)nc(-n2nc(C(C)(C)C)c(Cl)c2N)n1. The predicted octanol–water partition coefficient (Wildman–Crippen LogP) is 2.81. The smallest absolute Gasteiger partial charge is 0.252 e. The molecule has 0 spiro atoms. The van der Waals surface area contributed by atoms with Gasteiger partial charge in [0.25, 0.3) is 5.95 Å². The Balaban J connectivity index is 2.64. The minimum absolute atomic E-state index is 0.185. The molecule has 0 saturated heterocycles. The molecule has 2 rings (SSSR count). The summed E-state index contributed by atoms with van der Waals surface area (Å²) in [6.45, 7) is 9.92. The molecule has 2 heterocycles. The van der Waals surface area contributed by atoms with E-state index in [2.05, 4.69) is 15.1 Å². The molecule has 19 heavy (non-hydrogen) atoms. The van der Waals surface area contributed by atoms with Crippen molar-refractivity contribution in [1.29, 1.82) is 0 Å². The standard InChI is InChI=1S/C13H18ClN5/c1-7-6-8(2)17-12(16-7)19-11(15)9(14)10(18-19)13(3,4)5/h6H,15H2,1-5H3. The Bertz CT molecular complexity index is 604. The van der Waals surface area contributed by atoms with Gasteiger partial charge in [-0.1, -0.05) is 32.4 Å². The van der Waals surface area contributed by atoms with Crippen LogP contribution in [0.1, 0.15) is 37.9 Å². The molecule has 0 aliphatic heterocycles. The second-order valence-electron chi connectivity index (χ2n) is 5.66. The lowest BCUT2D eigenvalue weighted by Gasteiger charge is -2.14. The first-order valence-corrected chi connectivity index (χ1v) is 6.45. The number of nitrogens with two attached hydrogens (primary N) is 1. The number of halogens is 1. The van der Waals surface area contributed by atoms with Crippen LogP contribution in [-0.2, 0) is 5.41 Å². The van der Waals surface area contributed by atoms with E-state index in [-0.39, 0.29) is 5.41 Å². The average Bonchev–Trinajstić information content (AvgIpc) is 2.54. The molecule has 0 aromatic carbocycles. The Kier molecular flexibility index (Phi) is 3.26. The summed E-state index contributed by atoms with van der Waals surface area (Å²) in [5.74, 6) is 0.823. The van der Waals surface area contributed by atoms with E-state index in [0.29, 0.717) is 16.8 Å². The summed E-state index contributed by atoms with van der Waals surface area (Å²) < 4.78 is 1.50. The minimum atomic E-state index is -0.185. The summed E-state index contributed by atoms with van der Waals surface area (Å²) >= 11 is 6.26. The van der Waals surface area contributed by atoms with Crippen LogP contribution in [0.4, 0.5) is 5.82 Å². The molecule has 2 N–H and O–H groups in total. The van der Waals surface area contributed by atoms with Crippen LogP contribution in [0.25, 0.3) is 5.95 Å². The maximum atomic E-state index is 6.26. The molecule has 0 saturated carbocycles. The van der Waals surface area contributed by atoms with Crippen LogP contribution >= 0.6 is 11.6 Å². The molecule has 0 aliphatic carbocycles. The van der Waals surface area contributed by atoms with E-state index in [1.807, 2.05) is 40.7 Å². The fourth-order valence-corrected chi connectivity index (χ4v) is 2.25. The number of nitrogens with zero attached hydrogens (tertiary/aromatic N) is 4. The lowest BCUT2D eigenvalue weighted by atomic mass is 9.92. The van der Waals surface area contributed by atoms with Gasteiger partial charge in [0.05, 0.1) is 5.69 Å². The highest BCUT2D eigenvalue weighted by atomic mass is 35.5. The Morgan fingerprint density at radius 2 is 1.68 bits per heavy atom. The second kappa shape index (κ2) is 4.49. The summed E-state index contributed by atoms with van der Waals surface area (Å²) in [4.78, 5) is 8.70. The number of rotatable bonds is 1. The summed E-state index contributed by atoms with van der Waals surface area (Å²) in [6.07, 6.45) is 0. The van der Waals surface area contributed by atoms with Crippen molar-refractivity contribution in [3.8, 4) is 5.95 Å². The molecule has 102 valence electrons. The van der Waals surface area contributed by atoms with E-state index in [9.17, 15) is 0 Å². The first-order valence-electron chi connectivity index (χ1n) is 6.07. The van der Waals surface area contributed by atoms with Crippen LogP contribution in [0.5, 0.6) is 0 Å². The number of nitrogen functional groups attached to an aromatic ring is 1. The van der Waals surface area contributed by atoms with Gasteiger partial charge in [0.2, 0.25) is 0 Å². The zero-order valence-corrected chi connectivity index (χ0v) is 12.6. The number of aryl methyl sites for hydroxylation is 2. The quantitative estimate of drug-likeness (QED) is 0.871. The topological polar surface area (TPSA) is 69.6 Å². The molecule has 5 nitrogen and oxygen atoms in total. The van der Waals surface area contributed by atoms with Crippen LogP contribution in [0.15, 0.2) is 6.07 Å². The van der Waals surface area contributed by atoms with Gasteiger partial charge in [-0.05, 0) is 19.9 Å². The summed E-state index contributed by atoms with van der Waals surface area (Å²) in [5.41, 5.74) is 8.31. The van der Waals surface area contributed by atoms with Gasteiger partial charge in [0.1, 0.15) is 10.8 Å². The van der Waals surface area contributed by atoms with Gasteiger partial charge >= 0.3 is 0 Å². The van der Waals surface area contributed by atoms with E-state index in [1.54, 1.807) is 0 Å². The third-order valence-corrected chi connectivity index (χ3v) is 3.10. The predicted molar refractivity (Wildman–Crippen MR) is 76.8 cm³/mol. The van der Waals surface area contributed by atoms with Crippen molar-refractivity contribution in [3.63, 3.8) is 0 Å². The van der Waals surface area contributed by atoms with Crippen molar-refractivity contribution in [1.82, 2.24) is 19.7 Å². The maximum absolute atomic E-state index is 6.26. The zero-order chi connectivity index (χ0) is 14.4. The van der Waals surface area contributed by atoms with Crippen molar-refractivity contribution in [2.75, 3.05) is 5.73 Å². The molecule has 0 radical (unpaired) electrons. The fourth-order valence-electron chi connectivity index (χ4n) is 1.85. The highest BCUT2D eigenvalue weighted by Crippen LogP contribution is 2.33. The summed E-state index contributed by atoms with van der Waals surface area (Å²) in [5, 5.41) is 4.94. The van der Waals surface area contributed by atoms with Gasteiger partial charge in [-0.15, -0.1) is 0 Å². The minimum Gasteiger partial charge on any atom is -0.382 e. The summed E-state index contributed by atoms with van der Waals surface area (Å²) in [6, 6.07) is 1.90. The molecular weight excluding hydrogens is 262 g/mol. The maximum Gasteiger partial charge on any atom is 0.252 e. The lowest BCUT2D eigenvalue weighted by molar-refractivity contribution is 0.558. The number of aromatic nitrogens is 4.